The molecular weight excluding hydrogens is 228 g/mol. The molecule has 0 aromatic rings. The Morgan fingerprint density at radius 2 is 2.22 bits per heavy atom. The SMILES string of the molecule is CCOC(=O)CCCCC=CCC1=CCCC1=O. The first kappa shape index (κ1) is 14.7. The number of ether oxygens (including phenoxy) is 1. The maximum atomic E-state index is 11.3. The molecule has 0 fully saturated rings. The Morgan fingerprint density at radius 3 is 2.89 bits per heavy atom. The van der Waals surface area contributed by atoms with Crippen molar-refractivity contribution in [1.82, 2.24) is 0 Å². The summed E-state index contributed by atoms with van der Waals surface area (Å²) < 4.78 is 4.85. The number of unbranched alkanes of at least 4 members (excludes halogenated alkanes) is 2. The van der Waals surface area contributed by atoms with Crippen LogP contribution in [0.5, 0.6) is 0 Å². The van der Waals surface area contributed by atoms with E-state index in [0.29, 0.717) is 25.2 Å². The Kier molecular flexibility index (Phi) is 7.07. The molecular formula is C15H22O3. The smallest absolute Gasteiger partial charge is 0.305 e. The van der Waals surface area contributed by atoms with E-state index in [9.17, 15) is 9.59 Å². The zero-order chi connectivity index (χ0) is 13.2. The third kappa shape index (κ3) is 5.80. The second kappa shape index (κ2) is 8.67. The molecule has 100 valence electrons. The van der Waals surface area contributed by atoms with Crippen LogP contribution in [0.15, 0.2) is 23.8 Å². The number of esters is 1. The van der Waals surface area contributed by atoms with E-state index < -0.39 is 0 Å². The molecule has 18 heavy (non-hydrogen) atoms. The molecule has 1 aliphatic carbocycles. The van der Waals surface area contributed by atoms with Crippen molar-refractivity contribution in [2.24, 2.45) is 0 Å². The number of carbonyl (C=O) groups is 2. The zero-order valence-corrected chi connectivity index (χ0v) is 11.1. The molecule has 0 aliphatic heterocycles. The summed E-state index contributed by atoms with van der Waals surface area (Å²) in [4.78, 5) is 22.4. The molecule has 0 bridgehead atoms. The van der Waals surface area contributed by atoms with Crippen molar-refractivity contribution in [3.8, 4) is 0 Å². The molecule has 0 amide bonds. The molecule has 0 saturated heterocycles. The molecule has 3 heteroatoms. The van der Waals surface area contributed by atoms with Gasteiger partial charge in [0.05, 0.1) is 6.61 Å². The molecule has 0 N–H and O–H groups in total. The summed E-state index contributed by atoms with van der Waals surface area (Å²) in [5.41, 5.74) is 0.956. The van der Waals surface area contributed by atoms with Crippen molar-refractivity contribution in [2.75, 3.05) is 6.61 Å². The van der Waals surface area contributed by atoms with E-state index in [0.717, 1.165) is 37.7 Å². The van der Waals surface area contributed by atoms with E-state index in [-0.39, 0.29) is 5.97 Å². The molecule has 0 heterocycles. The van der Waals surface area contributed by atoms with E-state index in [1.54, 1.807) is 0 Å². The highest BCUT2D eigenvalue weighted by atomic mass is 16.5. The maximum Gasteiger partial charge on any atom is 0.305 e. The topological polar surface area (TPSA) is 43.4 Å². The highest BCUT2D eigenvalue weighted by Crippen LogP contribution is 2.17. The van der Waals surface area contributed by atoms with Crippen LogP contribution >= 0.6 is 0 Å². The summed E-state index contributed by atoms with van der Waals surface area (Å²) in [5, 5.41) is 0. The Morgan fingerprint density at radius 1 is 1.39 bits per heavy atom. The minimum absolute atomic E-state index is 0.108. The molecule has 0 aromatic carbocycles. The van der Waals surface area contributed by atoms with Crippen LogP contribution in [0.3, 0.4) is 0 Å². The monoisotopic (exact) mass is 250 g/mol. The van der Waals surface area contributed by atoms with Crippen LogP contribution in [-0.4, -0.2) is 18.4 Å². The Bertz CT molecular complexity index is 340. The van der Waals surface area contributed by atoms with Gasteiger partial charge < -0.3 is 4.74 Å². The van der Waals surface area contributed by atoms with Crippen LogP contribution in [0.4, 0.5) is 0 Å². The van der Waals surface area contributed by atoms with Gasteiger partial charge in [-0.2, -0.15) is 0 Å². The van der Waals surface area contributed by atoms with E-state index in [1.807, 2.05) is 13.0 Å². The second-order valence-corrected chi connectivity index (χ2v) is 4.42. The number of hydrogen-bond donors (Lipinski definition) is 0. The van der Waals surface area contributed by atoms with Gasteiger partial charge in [-0.3, -0.25) is 9.59 Å². The predicted octanol–water partition coefficient (Wildman–Crippen LogP) is 3.35. The molecule has 0 radical (unpaired) electrons. The molecule has 1 aliphatic rings. The van der Waals surface area contributed by atoms with Gasteiger partial charge in [-0.25, -0.2) is 0 Å². The highest BCUT2D eigenvalue weighted by Gasteiger charge is 2.12. The number of allylic oxidation sites excluding steroid dienone is 4. The Hall–Kier alpha value is -1.38. The van der Waals surface area contributed by atoms with Gasteiger partial charge in [0.15, 0.2) is 5.78 Å². The van der Waals surface area contributed by atoms with Gasteiger partial charge in [-0.05, 0) is 44.6 Å². The van der Waals surface area contributed by atoms with Crippen LogP contribution in [0.25, 0.3) is 0 Å². The number of carbonyl (C=O) groups excluding carboxylic acids is 2. The summed E-state index contributed by atoms with van der Waals surface area (Å²) in [7, 11) is 0. The fourth-order valence-electron chi connectivity index (χ4n) is 1.94. The van der Waals surface area contributed by atoms with Crippen molar-refractivity contribution in [1.29, 1.82) is 0 Å². The first-order chi connectivity index (χ1) is 8.74. The van der Waals surface area contributed by atoms with Gasteiger partial charge in [0.25, 0.3) is 0 Å². The fourth-order valence-corrected chi connectivity index (χ4v) is 1.94. The number of rotatable bonds is 8. The summed E-state index contributed by atoms with van der Waals surface area (Å²) in [6, 6.07) is 0. The van der Waals surface area contributed by atoms with E-state index >= 15 is 0 Å². The van der Waals surface area contributed by atoms with E-state index in [1.165, 1.54) is 0 Å². The average Bonchev–Trinajstić information content (AvgIpc) is 2.74. The fraction of sp³-hybridized carbons (Fsp3) is 0.600. The molecule has 1 rings (SSSR count). The van der Waals surface area contributed by atoms with Crippen LogP contribution in [0, 0.1) is 0 Å². The summed E-state index contributed by atoms with van der Waals surface area (Å²) in [6.07, 6.45) is 11.9. The van der Waals surface area contributed by atoms with Gasteiger partial charge >= 0.3 is 5.97 Å². The quantitative estimate of drug-likeness (QED) is 0.377. The normalized spacial score (nSPS) is 15.2. The lowest BCUT2D eigenvalue weighted by Crippen LogP contribution is -2.02. The first-order valence-corrected chi connectivity index (χ1v) is 6.77. The van der Waals surface area contributed by atoms with Gasteiger partial charge in [-0.15, -0.1) is 0 Å². The average molecular weight is 250 g/mol. The van der Waals surface area contributed by atoms with Crippen LogP contribution < -0.4 is 0 Å². The Labute approximate surface area is 109 Å². The van der Waals surface area contributed by atoms with Crippen LogP contribution in [-0.2, 0) is 14.3 Å². The van der Waals surface area contributed by atoms with Gasteiger partial charge in [0.2, 0.25) is 0 Å². The van der Waals surface area contributed by atoms with Crippen LogP contribution in [0.2, 0.25) is 0 Å². The van der Waals surface area contributed by atoms with Gasteiger partial charge in [0, 0.05) is 12.8 Å². The third-order valence-electron chi connectivity index (χ3n) is 2.93. The minimum atomic E-state index is -0.108. The molecule has 0 aromatic heterocycles. The van der Waals surface area contributed by atoms with E-state index in [4.69, 9.17) is 4.74 Å². The van der Waals surface area contributed by atoms with Crippen molar-refractivity contribution in [3.05, 3.63) is 23.8 Å². The van der Waals surface area contributed by atoms with E-state index in [2.05, 4.69) is 12.2 Å². The number of hydrogen-bond acceptors (Lipinski definition) is 3. The molecule has 0 saturated carbocycles. The number of Topliss-reactive ketones (excluding diaryl/α,β-unsaturated/α-hetero) is 1. The third-order valence-corrected chi connectivity index (χ3v) is 2.93. The lowest BCUT2D eigenvalue weighted by atomic mass is 10.1. The van der Waals surface area contributed by atoms with Gasteiger partial charge in [0.1, 0.15) is 0 Å². The summed E-state index contributed by atoms with van der Waals surface area (Å²) in [6.45, 7) is 2.28. The second-order valence-electron chi connectivity index (χ2n) is 4.42. The first-order valence-electron chi connectivity index (χ1n) is 6.77. The zero-order valence-electron chi connectivity index (χ0n) is 11.1. The summed E-state index contributed by atoms with van der Waals surface area (Å²) in [5.74, 6) is 0.185. The predicted molar refractivity (Wildman–Crippen MR) is 71.2 cm³/mol. The summed E-state index contributed by atoms with van der Waals surface area (Å²) >= 11 is 0. The highest BCUT2D eigenvalue weighted by molar-refractivity contribution is 5.97. The molecule has 0 atom stereocenters. The lowest BCUT2D eigenvalue weighted by Gasteiger charge is -2.00. The van der Waals surface area contributed by atoms with Crippen LogP contribution in [0.1, 0.15) is 51.9 Å². The lowest BCUT2D eigenvalue weighted by molar-refractivity contribution is -0.143. The van der Waals surface area contributed by atoms with Crippen molar-refractivity contribution in [2.45, 2.75) is 51.9 Å². The van der Waals surface area contributed by atoms with Gasteiger partial charge in [-0.1, -0.05) is 18.2 Å². The molecule has 3 nitrogen and oxygen atoms in total. The maximum absolute atomic E-state index is 11.3. The molecule has 0 unspecified atom stereocenters. The standard InChI is InChI=1S/C15H22O3/c1-2-18-15(17)12-7-5-3-4-6-9-13-10-8-11-14(13)16/h4,6,10H,2-3,5,7-9,11-12H2,1H3. The van der Waals surface area contributed by atoms with Crippen molar-refractivity contribution in [3.63, 3.8) is 0 Å². The van der Waals surface area contributed by atoms with Crippen molar-refractivity contribution < 1.29 is 14.3 Å². The molecule has 0 spiro atoms. The van der Waals surface area contributed by atoms with Crippen molar-refractivity contribution >= 4 is 11.8 Å². The Balaban J connectivity index is 2.01. The minimum Gasteiger partial charge on any atom is -0.466 e. The largest absolute Gasteiger partial charge is 0.466 e. The number of ketones is 1.